The number of sulfonamides is 2. The second-order valence-corrected chi connectivity index (χ2v) is 19.0. The van der Waals surface area contributed by atoms with Gasteiger partial charge in [-0.2, -0.15) is 26.3 Å². The van der Waals surface area contributed by atoms with E-state index in [1.165, 1.54) is 101 Å². The van der Waals surface area contributed by atoms with Crippen molar-refractivity contribution in [2.75, 3.05) is 23.2 Å². The monoisotopic (exact) mass is 994 g/mol. The van der Waals surface area contributed by atoms with Gasteiger partial charge in [0, 0.05) is 34.8 Å². The minimum atomic E-state index is -4.52. The number of alkyl halides is 6. The fourth-order valence-electron chi connectivity index (χ4n) is 5.89. The molecule has 0 atom stereocenters. The molecule has 7 rings (SSSR count). The van der Waals surface area contributed by atoms with Crippen LogP contribution in [0.2, 0.25) is 0 Å². The van der Waals surface area contributed by atoms with Gasteiger partial charge in [-0.3, -0.25) is 4.72 Å². The summed E-state index contributed by atoms with van der Waals surface area (Å²) in [5.41, 5.74) is -0.287. The number of hydrogen-bond acceptors (Lipinski definition) is 12. The third-order valence-electron chi connectivity index (χ3n) is 8.87. The van der Waals surface area contributed by atoms with Crippen molar-refractivity contribution in [3.05, 3.63) is 154 Å². The van der Waals surface area contributed by atoms with Gasteiger partial charge in [-0.15, -0.1) is 22.7 Å². The third kappa shape index (κ3) is 12.9. The van der Waals surface area contributed by atoms with Crippen LogP contribution < -0.4 is 28.0 Å². The largest absolute Gasteiger partial charge is 0.497 e. The van der Waals surface area contributed by atoms with Crippen molar-refractivity contribution in [2.24, 2.45) is 0 Å². The van der Waals surface area contributed by atoms with Gasteiger partial charge in [0.05, 0.1) is 41.7 Å². The molecule has 350 valence electrons. The molecule has 2 aromatic heterocycles. The van der Waals surface area contributed by atoms with Gasteiger partial charge in [0.1, 0.15) is 34.5 Å². The molecular formula is C44H40F6N4O8S4. The van der Waals surface area contributed by atoms with Crippen LogP contribution >= 0.6 is 22.7 Å². The van der Waals surface area contributed by atoms with Crippen molar-refractivity contribution in [1.82, 2.24) is 9.97 Å². The lowest BCUT2D eigenvalue weighted by Gasteiger charge is -2.23. The fourth-order valence-corrected chi connectivity index (χ4v) is 9.94. The SMILES string of the molecule is C.COc1ccc(CN(c2nccs2)S(=O)(=O)c2ccc(Oc3cc(C)cc(C(F)(F)F)c3)cc2)c(OC)c1.Cc1cc(Oc2ccc(S(=O)(=O)Nc3nccs3)cc2)cc(C(F)(F)F)c1. The summed E-state index contributed by atoms with van der Waals surface area (Å²) in [4.78, 5) is 7.96. The van der Waals surface area contributed by atoms with Crippen LogP contribution in [0.1, 0.15) is 35.2 Å². The maximum atomic E-state index is 13.7. The van der Waals surface area contributed by atoms with Crippen LogP contribution in [-0.2, 0) is 38.9 Å². The number of benzene rings is 5. The highest BCUT2D eigenvalue weighted by Crippen LogP contribution is 2.37. The van der Waals surface area contributed by atoms with E-state index in [2.05, 4.69) is 14.7 Å². The topological polar surface area (TPSA) is 146 Å². The van der Waals surface area contributed by atoms with E-state index >= 15 is 0 Å². The van der Waals surface area contributed by atoms with Crippen LogP contribution in [0, 0.1) is 13.8 Å². The summed E-state index contributed by atoms with van der Waals surface area (Å²) in [6.07, 6.45) is -6.03. The number of rotatable bonds is 14. The van der Waals surface area contributed by atoms with Crippen molar-refractivity contribution in [3.63, 3.8) is 0 Å². The quantitative estimate of drug-likeness (QED) is 0.104. The van der Waals surface area contributed by atoms with Gasteiger partial charge in [-0.05, 0) is 122 Å². The van der Waals surface area contributed by atoms with Gasteiger partial charge in [0.25, 0.3) is 20.0 Å². The molecule has 0 aliphatic heterocycles. The number of methoxy groups -OCH3 is 2. The van der Waals surface area contributed by atoms with Gasteiger partial charge in [-0.1, -0.05) is 7.43 Å². The first-order valence-electron chi connectivity index (χ1n) is 18.6. The van der Waals surface area contributed by atoms with Crippen molar-refractivity contribution >= 4 is 53.0 Å². The van der Waals surface area contributed by atoms with Gasteiger partial charge in [0.15, 0.2) is 10.3 Å². The minimum Gasteiger partial charge on any atom is -0.497 e. The van der Waals surface area contributed by atoms with Gasteiger partial charge in [0.2, 0.25) is 0 Å². The first-order chi connectivity index (χ1) is 30.6. The van der Waals surface area contributed by atoms with E-state index in [1.807, 2.05) is 0 Å². The molecule has 0 saturated carbocycles. The van der Waals surface area contributed by atoms with Crippen LogP contribution in [0.15, 0.2) is 136 Å². The summed E-state index contributed by atoms with van der Waals surface area (Å²) < 4.78 is 155. The molecule has 0 fully saturated rings. The summed E-state index contributed by atoms with van der Waals surface area (Å²) in [5.74, 6) is 1.40. The van der Waals surface area contributed by atoms with Crippen molar-refractivity contribution < 1.29 is 62.1 Å². The zero-order valence-electron chi connectivity index (χ0n) is 34.3. The molecule has 0 amide bonds. The summed E-state index contributed by atoms with van der Waals surface area (Å²) in [7, 11) is -4.91. The maximum absolute atomic E-state index is 13.7. The second kappa shape index (κ2) is 20.9. The normalized spacial score (nSPS) is 11.7. The van der Waals surface area contributed by atoms with Crippen LogP contribution in [-0.4, -0.2) is 41.0 Å². The first kappa shape index (κ1) is 50.6. The Hall–Kier alpha value is -6.36. The highest BCUT2D eigenvalue weighted by Gasteiger charge is 2.33. The summed E-state index contributed by atoms with van der Waals surface area (Å²) >= 11 is 2.29. The Kier molecular flexibility index (Phi) is 16.0. The number of ether oxygens (including phenoxy) is 4. The molecule has 5 aromatic carbocycles. The first-order valence-corrected chi connectivity index (χ1v) is 23.3. The van der Waals surface area contributed by atoms with E-state index in [0.29, 0.717) is 28.2 Å². The Labute approximate surface area is 385 Å². The lowest BCUT2D eigenvalue weighted by molar-refractivity contribution is -0.138. The number of hydrogen-bond donors (Lipinski definition) is 1. The molecule has 0 bridgehead atoms. The van der Waals surface area contributed by atoms with Gasteiger partial charge < -0.3 is 18.9 Å². The lowest BCUT2D eigenvalue weighted by Crippen LogP contribution is -2.30. The average molecular weight is 995 g/mol. The molecule has 0 aliphatic rings. The van der Waals surface area contributed by atoms with Crippen molar-refractivity contribution in [1.29, 1.82) is 0 Å². The number of nitrogens with zero attached hydrogens (tertiary/aromatic N) is 3. The molecule has 0 spiro atoms. The average Bonchev–Trinajstić information content (AvgIpc) is 3.98. The van der Waals surface area contributed by atoms with E-state index in [0.717, 1.165) is 51.2 Å². The zero-order chi connectivity index (χ0) is 47.2. The molecule has 0 saturated heterocycles. The number of thiazole rings is 2. The number of halogens is 6. The number of anilines is 2. The fraction of sp³-hybridized carbons (Fsp3) is 0.182. The Morgan fingerprint density at radius 2 is 1.11 bits per heavy atom. The standard InChI is InChI=1S/C26H23F3N2O5S2.C17H13F3N2O3S2.CH4/c1-17-12-19(26(27,28)29)14-22(13-17)36-20-6-8-23(9-7-20)38(32,33)31(25-30-10-11-37-25)16-18-4-5-21(34-2)15-24(18)35-3;1-11-8-12(17(18,19)20)10-14(9-11)25-13-2-4-15(5-3-13)27(23,24)22-16-21-6-7-26-16;/h4-15H,16H2,1-3H3;2-10H,1H3,(H,21,22);1H4. The lowest BCUT2D eigenvalue weighted by atomic mass is 10.1. The van der Waals surface area contributed by atoms with E-state index < -0.39 is 43.5 Å². The van der Waals surface area contributed by atoms with Crippen molar-refractivity contribution in [3.8, 4) is 34.5 Å². The third-order valence-corrected chi connectivity index (χ3v) is 13.7. The minimum absolute atomic E-state index is 0. The highest BCUT2D eigenvalue weighted by atomic mass is 32.2. The van der Waals surface area contributed by atoms with Gasteiger partial charge in [-0.25, -0.2) is 31.1 Å². The second-order valence-electron chi connectivity index (χ2n) is 13.7. The van der Waals surface area contributed by atoms with Gasteiger partial charge >= 0.3 is 12.4 Å². The molecular weight excluding hydrogens is 955 g/mol. The van der Waals surface area contributed by atoms with Crippen LogP contribution in [0.4, 0.5) is 36.6 Å². The summed E-state index contributed by atoms with van der Waals surface area (Å²) in [6.45, 7) is 3.00. The predicted molar refractivity (Wildman–Crippen MR) is 240 cm³/mol. The molecule has 2 heterocycles. The molecule has 0 aliphatic carbocycles. The van der Waals surface area contributed by atoms with Crippen molar-refractivity contribution in [2.45, 2.75) is 50.0 Å². The summed E-state index contributed by atoms with van der Waals surface area (Å²) in [6, 6.07) is 22.6. The smallest absolute Gasteiger partial charge is 0.416 e. The molecule has 12 nitrogen and oxygen atoms in total. The molecule has 1 N–H and O–H groups in total. The van der Waals surface area contributed by atoms with E-state index in [1.54, 1.807) is 29.0 Å². The Morgan fingerprint density at radius 3 is 1.56 bits per heavy atom. The molecule has 0 radical (unpaired) electrons. The zero-order valence-corrected chi connectivity index (χ0v) is 37.6. The van der Waals surface area contributed by atoms with Crippen LogP contribution in [0.3, 0.4) is 0 Å². The molecule has 66 heavy (non-hydrogen) atoms. The van der Waals surface area contributed by atoms with E-state index in [9.17, 15) is 43.2 Å². The molecule has 22 heteroatoms. The Bertz CT molecular complexity index is 2940. The van der Waals surface area contributed by atoms with Crippen LogP contribution in [0.25, 0.3) is 0 Å². The van der Waals surface area contributed by atoms with E-state index in [4.69, 9.17) is 18.9 Å². The van der Waals surface area contributed by atoms with E-state index in [-0.39, 0.29) is 57.0 Å². The summed E-state index contributed by atoms with van der Waals surface area (Å²) in [5, 5.41) is 3.78. The van der Waals surface area contributed by atoms with Crippen LogP contribution in [0.5, 0.6) is 34.5 Å². The Morgan fingerprint density at radius 1 is 0.606 bits per heavy atom. The molecule has 7 aromatic rings. The number of nitrogens with one attached hydrogen (secondary N) is 1. The number of aryl methyl sites for hydroxylation is 2. The maximum Gasteiger partial charge on any atom is 0.416 e. The number of aromatic nitrogens is 2. The highest BCUT2D eigenvalue weighted by molar-refractivity contribution is 7.93. The Balaban J connectivity index is 0.000000258. The predicted octanol–water partition coefficient (Wildman–Crippen LogP) is 12.4. The molecule has 0 unspecified atom stereocenters.